The number of Topliss-reactive ketones (excluding diaryl/α,β-unsaturated/α-hetero) is 1. The first kappa shape index (κ1) is 16.6. The largest absolute Gasteiger partial charge is 0.377 e. The Balaban J connectivity index is 3.12. The van der Waals surface area contributed by atoms with Crippen LogP contribution >= 0.6 is 11.6 Å². The number of hydrogen-bond acceptors (Lipinski definition) is 3. The zero-order chi connectivity index (χ0) is 15.0. The Bertz CT molecular complexity index is 509. The first-order valence-corrected chi connectivity index (χ1v) is 7.00. The van der Waals surface area contributed by atoms with Crippen molar-refractivity contribution in [2.24, 2.45) is 0 Å². The van der Waals surface area contributed by atoms with Crippen molar-refractivity contribution in [3.05, 3.63) is 52.8 Å². The van der Waals surface area contributed by atoms with E-state index in [4.69, 9.17) is 16.3 Å². The SMILES string of the molecule is C=CC/C=C\Cc1c(COCC)cc(Cl)nc1C(C)=O. The highest BCUT2D eigenvalue weighted by Gasteiger charge is 2.14. The second kappa shape index (κ2) is 8.67. The number of ketones is 1. The van der Waals surface area contributed by atoms with Crippen LogP contribution in [-0.4, -0.2) is 17.4 Å². The molecule has 20 heavy (non-hydrogen) atoms. The fourth-order valence-electron chi connectivity index (χ4n) is 1.84. The number of hydrogen-bond donors (Lipinski definition) is 0. The highest BCUT2D eigenvalue weighted by Crippen LogP contribution is 2.20. The zero-order valence-corrected chi connectivity index (χ0v) is 12.7. The van der Waals surface area contributed by atoms with Gasteiger partial charge in [0.25, 0.3) is 0 Å². The Morgan fingerprint density at radius 1 is 1.50 bits per heavy atom. The molecule has 1 aromatic rings. The summed E-state index contributed by atoms with van der Waals surface area (Å²) in [4.78, 5) is 15.9. The normalized spacial score (nSPS) is 10.9. The van der Waals surface area contributed by atoms with Crippen LogP contribution in [-0.2, 0) is 17.8 Å². The quantitative estimate of drug-likeness (QED) is 0.411. The molecule has 0 saturated heterocycles. The molecule has 0 unspecified atom stereocenters. The van der Waals surface area contributed by atoms with Crippen LogP contribution in [0.3, 0.4) is 0 Å². The topological polar surface area (TPSA) is 39.2 Å². The van der Waals surface area contributed by atoms with Gasteiger partial charge in [-0.1, -0.05) is 29.8 Å². The van der Waals surface area contributed by atoms with Gasteiger partial charge in [0.1, 0.15) is 10.8 Å². The van der Waals surface area contributed by atoms with E-state index in [1.54, 1.807) is 6.07 Å². The third-order valence-corrected chi connectivity index (χ3v) is 2.97. The molecule has 0 amide bonds. The van der Waals surface area contributed by atoms with Crippen LogP contribution in [0, 0.1) is 0 Å². The van der Waals surface area contributed by atoms with Gasteiger partial charge in [-0.25, -0.2) is 4.98 Å². The second-order valence-corrected chi connectivity index (χ2v) is 4.71. The highest BCUT2D eigenvalue weighted by atomic mass is 35.5. The second-order valence-electron chi connectivity index (χ2n) is 4.32. The number of carbonyl (C=O) groups excluding carboxylic acids is 1. The van der Waals surface area contributed by atoms with E-state index in [0.717, 1.165) is 17.5 Å². The average molecular weight is 294 g/mol. The Morgan fingerprint density at radius 3 is 2.85 bits per heavy atom. The number of aromatic nitrogens is 1. The summed E-state index contributed by atoms with van der Waals surface area (Å²) >= 11 is 5.98. The summed E-state index contributed by atoms with van der Waals surface area (Å²) in [7, 11) is 0. The summed E-state index contributed by atoms with van der Waals surface area (Å²) in [6, 6.07) is 1.76. The monoisotopic (exact) mass is 293 g/mol. The Hall–Kier alpha value is -1.45. The lowest BCUT2D eigenvalue weighted by Gasteiger charge is -2.12. The van der Waals surface area contributed by atoms with Crippen molar-refractivity contribution in [1.29, 1.82) is 0 Å². The van der Waals surface area contributed by atoms with E-state index in [9.17, 15) is 4.79 Å². The van der Waals surface area contributed by atoms with Crippen molar-refractivity contribution in [3.63, 3.8) is 0 Å². The molecule has 0 spiro atoms. The number of pyridine rings is 1. The molecule has 0 radical (unpaired) electrons. The molecule has 1 heterocycles. The molecular formula is C16H20ClNO2. The molecule has 1 rings (SSSR count). The number of allylic oxidation sites excluding steroid dienone is 3. The summed E-state index contributed by atoms with van der Waals surface area (Å²) in [6.07, 6.45) is 7.28. The van der Waals surface area contributed by atoms with Gasteiger partial charge in [0, 0.05) is 13.5 Å². The molecule has 0 bridgehead atoms. The molecule has 0 N–H and O–H groups in total. The molecule has 108 valence electrons. The summed E-state index contributed by atoms with van der Waals surface area (Å²) in [5, 5.41) is 0.323. The van der Waals surface area contributed by atoms with E-state index < -0.39 is 0 Å². The maximum absolute atomic E-state index is 11.7. The molecule has 0 aliphatic carbocycles. The molecule has 3 nitrogen and oxygen atoms in total. The summed E-state index contributed by atoms with van der Waals surface area (Å²) in [5.74, 6) is -0.0858. The minimum Gasteiger partial charge on any atom is -0.377 e. The molecule has 0 fully saturated rings. The van der Waals surface area contributed by atoms with Crippen LogP contribution in [0.25, 0.3) is 0 Å². The molecule has 4 heteroatoms. The summed E-state index contributed by atoms with van der Waals surface area (Å²) in [6.45, 7) is 8.14. The van der Waals surface area contributed by atoms with Gasteiger partial charge in [0.2, 0.25) is 0 Å². The van der Waals surface area contributed by atoms with Crippen molar-refractivity contribution < 1.29 is 9.53 Å². The lowest BCUT2D eigenvalue weighted by atomic mass is 10.0. The number of nitrogens with zero attached hydrogens (tertiary/aromatic N) is 1. The van der Waals surface area contributed by atoms with E-state index in [1.807, 2.05) is 25.2 Å². The molecule has 0 saturated carbocycles. The van der Waals surface area contributed by atoms with Crippen LogP contribution in [0.15, 0.2) is 30.9 Å². The van der Waals surface area contributed by atoms with Crippen molar-refractivity contribution >= 4 is 17.4 Å². The summed E-state index contributed by atoms with van der Waals surface area (Å²) in [5.41, 5.74) is 2.23. The lowest BCUT2D eigenvalue weighted by Crippen LogP contribution is -2.08. The van der Waals surface area contributed by atoms with Gasteiger partial charge < -0.3 is 4.74 Å². The van der Waals surface area contributed by atoms with Crippen LogP contribution in [0.5, 0.6) is 0 Å². The van der Waals surface area contributed by atoms with Gasteiger partial charge in [-0.2, -0.15) is 0 Å². The van der Waals surface area contributed by atoms with Crippen LogP contribution in [0.1, 0.15) is 41.9 Å². The van der Waals surface area contributed by atoms with E-state index >= 15 is 0 Å². The van der Waals surface area contributed by atoms with Crippen molar-refractivity contribution in [1.82, 2.24) is 4.98 Å². The number of halogens is 1. The van der Waals surface area contributed by atoms with Crippen LogP contribution < -0.4 is 0 Å². The molecule has 0 aliphatic heterocycles. The predicted octanol–water partition coefficient (Wildman–Crippen LogP) is 4.15. The van der Waals surface area contributed by atoms with E-state index in [1.165, 1.54) is 6.92 Å². The Morgan fingerprint density at radius 2 is 2.25 bits per heavy atom. The molecule has 0 aliphatic rings. The first-order valence-electron chi connectivity index (χ1n) is 6.63. The molecule has 1 aromatic heterocycles. The average Bonchev–Trinajstić information content (AvgIpc) is 2.42. The maximum atomic E-state index is 11.7. The third kappa shape index (κ3) is 4.91. The predicted molar refractivity (Wildman–Crippen MR) is 82.2 cm³/mol. The standard InChI is InChI=1S/C16H20ClNO2/c1-4-6-7-8-9-14-13(11-20-5-2)10-15(17)18-16(14)12(3)19/h4,7-8,10H,1,5-6,9,11H2,2-3H3/b8-7-. The smallest absolute Gasteiger partial charge is 0.178 e. The summed E-state index contributed by atoms with van der Waals surface area (Å²) < 4.78 is 5.44. The molecule has 0 aromatic carbocycles. The van der Waals surface area contributed by atoms with Gasteiger partial charge in [-0.15, -0.1) is 6.58 Å². The highest BCUT2D eigenvalue weighted by molar-refractivity contribution is 6.29. The van der Waals surface area contributed by atoms with Crippen LogP contribution in [0.2, 0.25) is 5.15 Å². The van der Waals surface area contributed by atoms with E-state index in [2.05, 4.69) is 11.6 Å². The number of ether oxygens (including phenoxy) is 1. The fraction of sp³-hybridized carbons (Fsp3) is 0.375. The number of carbonyl (C=O) groups is 1. The van der Waals surface area contributed by atoms with Crippen LogP contribution in [0.4, 0.5) is 0 Å². The van der Waals surface area contributed by atoms with Crippen molar-refractivity contribution in [2.75, 3.05) is 6.61 Å². The maximum Gasteiger partial charge on any atom is 0.178 e. The first-order chi connectivity index (χ1) is 9.60. The number of rotatable bonds is 8. The van der Waals surface area contributed by atoms with Crippen molar-refractivity contribution in [2.45, 2.75) is 33.3 Å². The van der Waals surface area contributed by atoms with Gasteiger partial charge in [0.05, 0.1) is 6.61 Å². The van der Waals surface area contributed by atoms with Gasteiger partial charge in [-0.05, 0) is 37.0 Å². The Labute approximate surface area is 125 Å². The minimum atomic E-state index is -0.0858. The fourth-order valence-corrected chi connectivity index (χ4v) is 2.06. The molecular weight excluding hydrogens is 274 g/mol. The van der Waals surface area contributed by atoms with Crippen molar-refractivity contribution in [3.8, 4) is 0 Å². The van der Waals surface area contributed by atoms with Gasteiger partial charge >= 0.3 is 0 Å². The molecule has 0 atom stereocenters. The third-order valence-electron chi connectivity index (χ3n) is 2.77. The van der Waals surface area contributed by atoms with E-state index in [0.29, 0.717) is 30.5 Å². The Kier molecular flexibility index (Phi) is 7.20. The lowest BCUT2D eigenvalue weighted by molar-refractivity contribution is 0.101. The van der Waals surface area contributed by atoms with Gasteiger partial charge in [-0.3, -0.25) is 4.79 Å². The van der Waals surface area contributed by atoms with E-state index in [-0.39, 0.29) is 5.78 Å². The van der Waals surface area contributed by atoms with Gasteiger partial charge in [0.15, 0.2) is 5.78 Å². The zero-order valence-electron chi connectivity index (χ0n) is 12.0. The minimum absolute atomic E-state index is 0.0858.